The van der Waals surface area contributed by atoms with Crippen molar-refractivity contribution in [3.8, 4) is 6.07 Å². The van der Waals surface area contributed by atoms with E-state index in [1.807, 2.05) is 59.5 Å². The molecule has 4 rings (SSSR count). The van der Waals surface area contributed by atoms with Crippen molar-refractivity contribution in [2.45, 2.75) is 32.2 Å². The molecule has 2 aromatic carbocycles. The van der Waals surface area contributed by atoms with Crippen LogP contribution in [0.1, 0.15) is 36.9 Å². The highest BCUT2D eigenvalue weighted by atomic mass is 16.5. The van der Waals surface area contributed by atoms with E-state index < -0.39 is 11.8 Å². The Kier molecular flexibility index (Phi) is 7.33. The summed E-state index contributed by atoms with van der Waals surface area (Å²) in [5, 5.41) is 12.8. The van der Waals surface area contributed by atoms with E-state index in [-0.39, 0.29) is 11.9 Å². The van der Waals surface area contributed by atoms with Crippen LogP contribution in [0.4, 0.5) is 5.82 Å². The molecule has 174 valence electrons. The molecule has 0 unspecified atom stereocenters. The molecular weight excluding hydrogens is 430 g/mol. The van der Waals surface area contributed by atoms with Crippen molar-refractivity contribution in [1.29, 1.82) is 5.26 Å². The van der Waals surface area contributed by atoms with Gasteiger partial charge in [0.2, 0.25) is 5.91 Å². The lowest BCUT2D eigenvalue weighted by Crippen LogP contribution is -2.41. The molecular formula is C26H27N5O3. The van der Waals surface area contributed by atoms with E-state index in [9.17, 15) is 14.9 Å². The predicted molar refractivity (Wildman–Crippen MR) is 128 cm³/mol. The summed E-state index contributed by atoms with van der Waals surface area (Å²) in [7, 11) is 0. The summed E-state index contributed by atoms with van der Waals surface area (Å²) in [5.74, 6) is -1.63. The topological polar surface area (TPSA) is 108 Å². The molecule has 1 fully saturated rings. The van der Waals surface area contributed by atoms with Gasteiger partial charge in [-0.1, -0.05) is 42.5 Å². The molecule has 3 aromatic rings. The van der Waals surface area contributed by atoms with Gasteiger partial charge in [0.05, 0.1) is 29.6 Å². The van der Waals surface area contributed by atoms with Crippen LogP contribution in [0.25, 0.3) is 11.0 Å². The van der Waals surface area contributed by atoms with Crippen LogP contribution in [0.2, 0.25) is 0 Å². The highest BCUT2D eigenvalue weighted by Gasteiger charge is 2.33. The largest absolute Gasteiger partial charge is 0.466 e. The third-order valence-corrected chi connectivity index (χ3v) is 5.89. The van der Waals surface area contributed by atoms with Crippen molar-refractivity contribution in [3.63, 3.8) is 0 Å². The molecule has 2 heterocycles. The molecule has 0 radical (unpaired) electrons. The Hall–Kier alpha value is -3.99. The predicted octanol–water partition coefficient (Wildman–Crippen LogP) is 3.33. The van der Waals surface area contributed by atoms with Crippen molar-refractivity contribution in [3.05, 3.63) is 65.9 Å². The summed E-state index contributed by atoms with van der Waals surface area (Å²) in [5.41, 5.74) is 2.51. The normalized spacial score (nSPS) is 16.5. The number of ether oxygens (including phenoxy) is 1. The molecule has 1 amide bonds. The SMILES string of the molecule is CCOC(=O)[C@@H]1CCCN(c2nc3ccccc3nc2[C@@H](C#N)C(=O)NCc2ccccc2)C1. The zero-order valence-corrected chi connectivity index (χ0v) is 19.1. The van der Waals surface area contributed by atoms with Crippen LogP contribution in [0.15, 0.2) is 54.6 Å². The number of carbonyl (C=O) groups is 2. The minimum atomic E-state index is -1.14. The summed E-state index contributed by atoms with van der Waals surface area (Å²) < 4.78 is 5.23. The molecule has 34 heavy (non-hydrogen) atoms. The van der Waals surface area contributed by atoms with E-state index in [1.54, 1.807) is 6.92 Å². The number of nitriles is 1. The van der Waals surface area contributed by atoms with Gasteiger partial charge in [-0.2, -0.15) is 5.26 Å². The van der Waals surface area contributed by atoms with E-state index in [0.717, 1.165) is 18.4 Å². The maximum atomic E-state index is 13.1. The number of aromatic nitrogens is 2. The van der Waals surface area contributed by atoms with Crippen LogP contribution < -0.4 is 10.2 Å². The smallest absolute Gasteiger partial charge is 0.310 e. The van der Waals surface area contributed by atoms with Crippen LogP contribution in [-0.2, 0) is 20.9 Å². The van der Waals surface area contributed by atoms with Gasteiger partial charge in [-0.15, -0.1) is 0 Å². The van der Waals surface area contributed by atoms with E-state index >= 15 is 0 Å². The molecule has 0 bridgehead atoms. The van der Waals surface area contributed by atoms with Crippen molar-refractivity contribution in [2.24, 2.45) is 5.92 Å². The molecule has 1 N–H and O–H groups in total. The van der Waals surface area contributed by atoms with E-state index in [1.165, 1.54) is 0 Å². The molecule has 2 atom stereocenters. The fourth-order valence-electron chi connectivity index (χ4n) is 4.18. The Morgan fingerprint density at radius 2 is 1.85 bits per heavy atom. The standard InChI is InChI=1S/C26H27N5O3/c1-2-34-26(33)19-11-8-14-31(17-19)24-23(29-21-12-6-7-13-22(21)30-24)20(15-27)25(32)28-16-18-9-4-3-5-10-18/h3-7,9-10,12-13,19-20H,2,8,11,14,16-17H2,1H3,(H,28,32)/t19-,20-/m1/s1. The van der Waals surface area contributed by atoms with Crippen molar-refractivity contribution in [2.75, 3.05) is 24.6 Å². The minimum Gasteiger partial charge on any atom is -0.466 e. The molecule has 8 heteroatoms. The lowest BCUT2D eigenvalue weighted by atomic mass is 9.97. The lowest BCUT2D eigenvalue weighted by Gasteiger charge is -2.33. The number of nitrogens with zero attached hydrogens (tertiary/aromatic N) is 4. The molecule has 0 saturated carbocycles. The van der Waals surface area contributed by atoms with Gasteiger partial charge in [0, 0.05) is 19.6 Å². The zero-order chi connectivity index (χ0) is 23.9. The first-order valence-electron chi connectivity index (χ1n) is 11.5. The number of esters is 1. The Labute approximate surface area is 198 Å². The Bertz CT molecular complexity index is 1210. The second-order valence-electron chi connectivity index (χ2n) is 8.22. The minimum absolute atomic E-state index is 0.236. The van der Waals surface area contributed by atoms with Gasteiger partial charge in [0.15, 0.2) is 11.7 Å². The van der Waals surface area contributed by atoms with Crippen LogP contribution in [0, 0.1) is 17.2 Å². The first-order chi connectivity index (χ1) is 16.6. The maximum Gasteiger partial charge on any atom is 0.310 e. The molecule has 1 saturated heterocycles. The molecule has 0 spiro atoms. The average molecular weight is 458 g/mol. The van der Waals surface area contributed by atoms with Gasteiger partial charge >= 0.3 is 5.97 Å². The highest BCUT2D eigenvalue weighted by Crippen LogP contribution is 2.31. The Morgan fingerprint density at radius 3 is 2.56 bits per heavy atom. The lowest BCUT2D eigenvalue weighted by molar-refractivity contribution is -0.148. The maximum absolute atomic E-state index is 13.1. The summed E-state index contributed by atoms with van der Waals surface area (Å²) in [6, 6.07) is 19.0. The quantitative estimate of drug-likeness (QED) is 0.542. The number of carbonyl (C=O) groups excluding carboxylic acids is 2. The van der Waals surface area contributed by atoms with Crippen molar-refractivity contribution in [1.82, 2.24) is 15.3 Å². The molecule has 8 nitrogen and oxygen atoms in total. The number of benzene rings is 2. The third-order valence-electron chi connectivity index (χ3n) is 5.89. The van der Waals surface area contributed by atoms with Gasteiger partial charge in [-0.3, -0.25) is 9.59 Å². The number of hydrogen-bond donors (Lipinski definition) is 1. The van der Waals surface area contributed by atoms with Gasteiger partial charge < -0.3 is 15.0 Å². The van der Waals surface area contributed by atoms with Gasteiger partial charge in [-0.25, -0.2) is 9.97 Å². The number of nitrogens with one attached hydrogen (secondary N) is 1. The molecule has 1 aliphatic heterocycles. The highest BCUT2D eigenvalue weighted by molar-refractivity contribution is 5.89. The van der Waals surface area contributed by atoms with Crippen LogP contribution in [0.5, 0.6) is 0 Å². The number of fused-ring (bicyclic) bond motifs is 1. The number of piperidine rings is 1. The molecule has 0 aliphatic carbocycles. The van der Waals surface area contributed by atoms with Crippen LogP contribution >= 0.6 is 0 Å². The summed E-state index contributed by atoms with van der Waals surface area (Å²) in [4.78, 5) is 36.9. The van der Waals surface area contributed by atoms with Gasteiger partial charge in [0.1, 0.15) is 5.69 Å². The summed E-state index contributed by atoms with van der Waals surface area (Å²) >= 11 is 0. The van der Waals surface area contributed by atoms with E-state index in [4.69, 9.17) is 14.7 Å². The number of amides is 1. The van der Waals surface area contributed by atoms with Gasteiger partial charge in [-0.05, 0) is 37.5 Å². The molecule has 1 aromatic heterocycles. The first kappa shape index (κ1) is 23.2. The Morgan fingerprint density at radius 1 is 1.15 bits per heavy atom. The van der Waals surface area contributed by atoms with E-state index in [2.05, 4.69) is 11.4 Å². The Balaban J connectivity index is 1.66. The third kappa shape index (κ3) is 5.15. The first-order valence-corrected chi connectivity index (χ1v) is 11.5. The summed E-state index contributed by atoms with van der Waals surface area (Å²) in [6.45, 7) is 3.48. The fraction of sp³-hybridized carbons (Fsp3) is 0.346. The zero-order valence-electron chi connectivity index (χ0n) is 19.1. The van der Waals surface area contributed by atoms with Crippen molar-refractivity contribution >= 4 is 28.7 Å². The van der Waals surface area contributed by atoms with E-state index in [0.29, 0.717) is 48.8 Å². The number of rotatable bonds is 7. The number of hydrogen-bond acceptors (Lipinski definition) is 7. The van der Waals surface area contributed by atoms with Crippen LogP contribution in [-0.4, -0.2) is 41.5 Å². The molecule has 1 aliphatic rings. The second-order valence-corrected chi connectivity index (χ2v) is 8.22. The van der Waals surface area contributed by atoms with Crippen molar-refractivity contribution < 1.29 is 14.3 Å². The number of para-hydroxylation sites is 2. The second kappa shape index (κ2) is 10.8. The average Bonchev–Trinajstić information content (AvgIpc) is 2.88. The van der Waals surface area contributed by atoms with Gasteiger partial charge in [0.25, 0.3) is 0 Å². The summed E-state index contributed by atoms with van der Waals surface area (Å²) in [6.07, 6.45) is 1.50. The number of anilines is 1. The van der Waals surface area contributed by atoms with Crippen LogP contribution in [0.3, 0.4) is 0 Å². The fourth-order valence-corrected chi connectivity index (χ4v) is 4.18. The monoisotopic (exact) mass is 457 g/mol.